The maximum atomic E-state index is 5.46. The van der Waals surface area contributed by atoms with Gasteiger partial charge in [-0.3, -0.25) is 0 Å². The number of nitrogens with two attached hydrogens (primary N) is 1. The maximum Gasteiger partial charge on any atom is 0.204 e. The molecule has 1 aromatic heterocycles. The van der Waals surface area contributed by atoms with Gasteiger partial charge in [0.15, 0.2) is 0 Å². The zero-order valence-electron chi connectivity index (χ0n) is 6.81. The molecule has 0 radical (unpaired) electrons. The van der Waals surface area contributed by atoms with E-state index in [1.54, 1.807) is 6.33 Å². The highest BCUT2D eigenvalue weighted by atomic mass is 32.1. The molecule has 0 unspecified atom stereocenters. The first-order valence-corrected chi connectivity index (χ1v) is 4.89. The number of hydrogen-bond acceptors (Lipinski definition) is 5. The zero-order chi connectivity index (χ0) is 8.39. The second kappa shape index (κ2) is 3.37. The Bertz CT molecular complexity index is 230. The molecule has 0 aliphatic carbocycles. The van der Waals surface area contributed by atoms with Crippen molar-refractivity contribution in [1.82, 2.24) is 9.36 Å². The topological polar surface area (TPSA) is 55.0 Å². The van der Waals surface area contributed by atoms with Gasteiger partial charge in [-0.25, -0.2) is 4.98 Å². The first-order valence-electron chi connectivity index (χ1n) is 4.12. The van der Waals surface area contributed by atoms with E-state index in [0.29, 0.717) is 0 Å². The second-order valence-corrected chi connectivity index (χ2v) is 3.83. The highest BCUT2D eigenvalue weighted by Gasteiger charge is 2.27. The average molecular weight is 184 g/mol. The Kier molecular flexibility index (Phi) is 2.23. The van der Waals surface area contributed by atoms with Crippen molar-refractivity contribution in [1.29, 1.82) is 0 Å². The van der Waals surface area contributed by atoms with E-state index in [4.69, 9.17) is 5.73 Å². The van der Waals surface area contributed by atoms with Gasteiger partial charge in [0.05, 0.1) is 0 Å². The summed E-state index contributed by atoms with van der Waals surface area (Å²) >= 11 is 1.46. The third kappa shape index (κ3) is 1.42. The molecule has 4 nitrogen and oxygen atoms in total. The summed E-state index contributed by atoms with van der Waals surface area (Å²) in [5.74, 6) is 0.777. The fraction of sp³-hybridized carbons (Fsp3) is 0.714. The predicted molar refractivity (Wildman–Crippen MR) is 49.3 cm³/mol. The monoisotopic (exact) mass is 184 g/mol. The van der Waals surface area contributed by atoms with Crippen molar-refractivity contribution in [3.63, 3.8) is 0 Å². The van der Waals surface area contributed by atoms with Crippen LogP contribution >= 0.6 is 11.5 Å². The summed E-state index contributed by atoms with van der Waals surface area (Å²) in [4.78, 5) is 6.38. The highest BCUT2D eigenvalue weighted by Crippen LogP contribution is 2.26. The largest absolute Gasteiger partial charge is 0.346 e. The molecule has 0 spiro atoms. The molecule has 0 aromatic carbocycles. The smallest absolute Gasteiger partial charge is 0.204 e. The average Bonchev–Trinajstić information content (AvgIpc) is 2.47. The second-order valence-electron chi connectivity index (χ2n) is 3.07. The lowest BCUT2D eigenvalue weighted by atomic mass is 9.97. The van der Waals surface area contributed by atoms with Crippen LogP contribution in [0.3, 0.4) is 0 Å². The van der Waals surface area contributed by atoms with Crippen molar-refractivity contribution >= 4 is 16.7 Å². The third-order valence-electron chi connectivity index (χ3n) is 2.15. The number of nitrogens with zero attached hydrogens (tertiary/aromatic N) is 3. The number of aromatic nitrogens is 2. The van der Waals surface area contributed by atoms with Crippen molar-refractivity contribution < 1.29 is 0 Å². The van der Waals surface area contributed by atoms with Gasteiger partial charge in [0.2, 0.25) is 5.13 Å². The van der Waals surface area contributed by atoms with Crippen molar-refractivity contribution in [2.75, 3.05) is 24.5 Å². The molecule has 1 aliphatic heterocycles. The molecule has 1 fully saturated rings. The lowest BCUT2D eigenvalue weighted by molar-refractivity contribution is 0.389. The summed E-state index contributed by atoms with van der Waals surface area (Å²) in [6, 6.07) is 0. The van der Waals surface area contributed by atoms with Crippen molar-refractivity contribution in [3.05, 3.63) is 6.33 Å². The molecule has 5 heteroatoms. The van der Waals surface area contributed by atoms with Gasteiger partial charge < -0.3 is 10.6 Å². The van der Waals surface area contributed by atoms with Crippen LogP contribution in [0.2, 0.25) is 0 Å². The fourth-order valence-corrected chi connectivity index (χ4v) is 2.00. The molecule has 0 amide bonds. The first-order chi connectivity index (χ1) is 5.90. The lowest BCUT2D eigenvalue weighted by Gasteiger charge is -2.38. The quantitative estimate of drug-likeness (QED) is 0.735. The SMILES string of the molecule is NCCC1CN(c2ncns2)C1. The molecule has 2 rings (SSSR count). The van der Waals surface area contributed by atoms with E-state index in [1.807, 2.05) is 0 Å². The third-order valence-corrected chi connectivity index (χ3v) is 2.88. The van der Waals surface area contributed by atoms with Gasteiger partial charge in [0.1, 0.15) is 6.33 Å². The van der Waals surface area contributed by atoms with E-state index in [1.165, 1.54) is 11.5 Å². The molecule has 1 aromatic rings. The molecule has 0 bridgehead atoms. The summed E-state index contributed by atoms with van der Waals surface area (Å²) in [6.07, 6.45) is 2.74. The summed E-state index contributed by atoms with van der Waals surface area (Å²) in [6.45, 7) is 3.01. The van der Waals surface area contributed by atoms with Gasteiger partial charge in [-0.1, -0.05) is 0 Å². The molecule has 2 heterocycles. The van der Waals surface area contributed by atoms with Crippen molar-refractivity contribution in [2.45, 2.75) is 6.42 Å². The highest BCUT2D eigenvalue weighted by molar-refractivity contribution is 7.09. The Morgan fingerprint density at radius 1 is 1.67 bits per heavy atom. The molecular weight excluding hydrogens is 172 g/mol. The maximum absolute atomic E-state index is 5.46. The lowest BCUT2D eigenvalue weighted by Crippen LogP contribution is -2.47. The normalized spacial score (nSPS) is 17.9. The zero-order valence-corrected chi connectivity index (χ0v) is 7.63. The van der Waals surface area contributed by atoms with Gasteiger partial charge in [-0.15, -0.1) is 0 Å². The molecule has 1 aliphatic rings. The van der Waals surface area contributed by atoms with E-state index < -0.39 is 0 Å². The van der Waals surface area contributed by atoms with Gasteiger partial charge >= 0.3 is 0 Å². The minimum absolute atomic E-state index is 0.777. The van der Waals surface area contributed by atoms with E-state index in [2.05, 4.69) is 14.3 Å². The van der Waals surface area contributed by atoms with Crippen LogP contribution in [0.5, 0.6) is 0 Å². The van der Waals surface area contributed by atoms with E-state index in [-0.39, 0.29) is 0 Å². The van der Waals surface area contributed by atoms with Crippen LogP contribution in [0.4, 0.5) is 5.13 Å². The molecule has 66 valence electrons. The Labute approximate surface area is 75.6 Å². The van der Waals surface area contributed by atoms with Crippen LogP contribution in [0.15, 0.2) is 6.33 Å². The summed E-state index contributed by atoms with van der Waals surface area (Å²) in [7, 11) is 0. The molecule has 2 N–H and O–H groups in total. The first kappa shape index (κ1) is 7.94. The minimum Gasteiger partial charge on any atom is -0.346 e. The van der Waals surface area contributed by atoms with Crippen molar-refractivity contribution in [2.24, 2.45) is 11.7 Å². The predicted octanol–water partition coefficient (Wildman–Crippen LogP) is 0.323. The van der Waals surface area contributed by atoms with Crippen LogP contribution in [-0.2, 0) is 0 Å². The fourth-order valence-electron chi connectivity index (χ4n) is 1.45. The van der Waals surface area contributed by atoms with Crippen LogP contribution in [0.1, 0.15) is 6.42 Å². The number of rotatable bonds is 3. The van der Waals surface area contributed by atoms with E-state index >= 15 is 0 Å². The van der Waals surface area contributed by atoms with Crippen LogP contribution in [0, 0.1) is 5.92 Å². The molecule has 12 heavy (non-hydrogen) atoms. The van der Waals surface area contributed by atoms with Crippen LogP contribution in [-0.4, -0.2) is 29.0 Å². The summed E-state index contributed by atoms with van der Waals surface area (Å²) in [5.41, 5.74) is 5.46. The molecule has 0 saturated carbocycles. The van der Waals surface area contributed by atoms with Gasteiger partial charge in [0, 0.05) is 24.6 Å². The Morgan fingerprint density at radius 2 is 2.50 bits per heavy atom. The summed E-state index contributed by atoms with van der Waals surface area (Å²) in [5, 5.41) is 1.04. The van der Waals surface area contributed by atoms with Gasteiger partial charge in [-0.05, 0) is 18.9 Å². The van der Waals surface area contributed by atoms with E-state index in [0.717, 1.165) is 37.1 Å². The molecule has 0 atom stereocenters. The standard InChI is InChI=1S/C7H12N4S/c8-2-1-6-3-11(4-6)7-9-5-10-12-7/h5-6H,1-4,8H2. The Hall–Kier alpha value is -0.680. The summed E-state index contributed by atoms with van der Waals surface area (Å²) < 4.78 is 3.96. The Morgan fingerprint density at radius 3 is 3.08 bits per heavy atom. The minimum atomic E-state index is 0.777. The van der Waals surface area contributed by atoms with E-state index in [9.17, 15) is 0 Å². The van der Waals surface area contributed by atoms with Gasteiger partial charge in [-0.2, -0.15) is 4.37 Å². The number of anilines is 1. The molecular formula is C7H12N4S. The van der Waals surface area contributed by atoms with Crippen molar-refractivity contribution in [3.8, 4) is 0 Å². The van der Waals surface area contributed by atoms with Gasteiger partial charge in [0.25, 0.3) is 0 Å². The van der Waals surface area contributed by atoms with Crippen LogP contribution in [0.25, 0.3) is 0 Å². The van der Waals surface area contributed by atoms with Crippen LogP contribution < -0.4 is 10.6 Å². The Balaban J connectivity index is 1.82. The number of hydrogen-bond donors (Lipinski definition) is 1. The molecule has 1 saturated heterocycles.